The number of aromatic nitrogens is 2. The van der Waals surface area contributed by atoms with Crippen molar-refractivity contribution in [2.24, 2.45) is 11.8 Å². The van der Waals surface area contributed by atoms with Gasteiger partial charge in [0.25, 0.3) is 0 Å². The van der Waals surface area contributed by atoms with Crippen molar-refractivity contribution < 1.29 is 9.59 Å². The zero-order chi connectivity index (χ0) is 16.8. The molecule has 6 nitrogen and oxygen atoms in total. The lowest BCUT2D eigenvalue weighted by Crippen LogP contribution is -2.42. The first-order valence-corrected chi connectivity index (χ1v) is 8.49. The molecule has 6 heteroatoms. The summed E-state index contributed by atoms with van der Waals surface area (Å²) in [5, 5.41) is 0. The molecule has 0 saturated carbocycles. The minimum atomic E-state index is -0.0165. The zero-order valence-corrected chi connectivity index (χ0v) is 14.1. The SMILES string of the molecule is Cc1cccn2c(CC(=O)N3CC4CCN(C)C(=O)C4C3)cnc12. The van der Waals surface area contributed by atoms with Crippen LogP contribution in [0.3, 0.4) is 0 Å². The van der Waals surface area contributed by atoms with E-state index in [1.807, 2.05) is 41.6 Å². The Morgan fingerprint density at radius 3 is 3.04 bits per heavy atom. The maximum atomic E-state index is 12.7. The molecule has 2 unspecified atom stereocenters. The smallest absolute Gasteiger partial charge is 0.228 e. The molecule has 2 aromatic heterocycles. The summed E-state index contributed by atoms with van der Waals surface area (Å²) in [6, 6.07) is 3.98. The number of rotatable bonds is 2. The highest BCUT2D eigenvalue weighted by atomic mass is 16.2. The fraction of sp³-hybridized carbons (Fsp3) is 0.500. The van der Waals surface area contributed by atoms with E-state index in [1.54, 1.807) is 11.1 Å². The normalized spacial score (nSPS) is 23.8. The first kappa shape index (κ1) is 15.2. The van der Waals surface area contributed by atoms with Crippen LogP contribution in [0.15, 0.2) is 24.5 Å². The van der Waals surface area contributed by atoms with Crippen molar-refractivity contribution in [1.82, 2.24) is 19.2 Å². The van der Waals surface area contributed by atoms with Gasteiger partial charge in [0.05, 0.1) is 18.0 Å². The number of pyridine rings is 1. The van der Waals surface area contributed by atoms with Crippen molar-refractivity contribution in [2.45, 2.75) is 19.8 Å². The van der Waals surface area contributed by atoms with Gasteiger partial charge >= 0.3 is 0 Å². The second kappa shape index (κ2) is 5.61. The summed E-state index contributed by atoms with van der Waals surface area (Å²) in [5.41, 5.74) is 2.89. The standard InChI is InChI=1S/C18H22N4O2/c1-12-4-3-6-22-14(9-19-17(12)22)8-16(23)21-10-13-5-7-20(2)18(24)15(13)11-21/h3-4,6,9,13,15H,5,7-8,10-11H2,1-2H3. The Labute approximate surface area is 141 Å². The number of aryl methyl sites for hydroxylation is 1. The van der Waals surface area contributed by atoms with E-state index in [0.717, 1.165) is 29.9 Å². The number of imidazole rings is 1. The molecule has 0 radical (unpaired) electrons. The van der Waals surface area contributed by atoms with Gasteiger partial charge in [-0.3, -0.25) is 9.59 Å². The second-order valence-electron chi connectivity index (χ2n) is 7.02. The maximum absolute atomic E-state index is 12.7. The van der Waals surface area contributed by atoms with Crippen LogP contribution in [0.2, 0.25) is 0 Å². The minimum absolute atomic E-state index is 0.0165. The summed E-state index contributed by atoms with van der Waals surface area (Å²) < 4.78 is 1.98. The number of carbonyl (C=O) groups excluding carboxylic acids is 2. The third-order valence-electron chi connectivity index (χ3n) is 5.46. The molecule has 2 atom stereocenters. The highest BCUT2D eigenvalue weighted by molar-refractivity contribution is 5.84. The predicted molar refractivity (Wildman–Crippen MR) is 89.4 cm³/mol. The van der Waals surface area contributed by atoms with Crippen molar-refractivity contribution in [2.75, 3.05) is 26.7 Å². The largest absolute Gasteiger partial charge is 0.345 e. The van der Waals surface area contributed by atoms with Crippen LogP contribution < -0.4 is 0 Å². The summed E-state index contributed by atoms with van der Waals surface area (Å²) in [6.07, 6.45) is 5.04. The fourth-order valence-corrected chi connectivity index (χ4v) is 4.00. The Hall–Kier alpha value is -2.37. The molecule has 2 aromatic rings. The van der Waals surface area contributed by atoms with Gasteiger partial charge in [-0.05, 0) is 30.9 Å². The van der Waals surface area contributed by atoms with Crippen molar-refractivity contribution in [3.63, 3.8) is 0 Å². The van der Waals surface area contributed by atoms with E-state index in [1.165, 1.54) is 0 Å². The lowest BCUT2D eigenvalue weighted by atomic mass is 9.88. The maximum Gasteiger partial charge on any atom is 0.228 e. The molecule has 2 saturated heterocycles. The zero-order valence-electron chi connectivity index (χ0n) is 14.1. The second-order valence-corrected chi connectivity index (χ2v) is 7.02. The van der Waals surface area contributed by atoms with Gasteiger partial charge in [0, 0.05) is 39.1 Å². The highest BCUT2D eigenvalue weighted by Crippen LogP contribution is 2.31. The molecule has 0 spiro atoms. The lowest BCUT2D eigenvalue weighted by molar-refractivity contribution is -0.138. The Kier molecular flexibility index (Phi) is 3.55. The lowest BCUT2D eigenvalue weighted by Gasteiger charge is -2.30. The average Bonchev–Trinajstić information content (AvgIpc) is 3.17. The van der Waals surface area contributed by atoms with Crippen molar-refractivity contribution in [3.05, 3.63) is 35.8 Å². The van der Waals surface area contributed by atoms with Crippen LogP contribution in [0.1, 0.15) is 17.7 Å². The molecule has 4 rings (SSSR count). The Balaban J connectivity index is 1.51. The molecule has 0 aliphatic carbocycles. The van der Waals surface area contributed by atoms with Crippen LogP contribution in [-0.4, -0.2) is 57.7 Å². The number of hydrogen-bond acceptors (Lipinski definition) is 3. The van der Waals surface area contributed by atoms with Crippen molar-refractivity contribution in [1.29, 1.82) is 0 Å². The summed E-state index contributed by atoms with van der Waals surface area (Å²) in [4.78, 5) is 33.1. The van der Waals surface area contributed by atoms with Crippen molar-refractivity contribution >= 4 is 17.5 Å². The number of amides is 2. The van der Waals surface area contributed by atoms with Crippen molar-refractivity contribution in [3.8, 4) is 0 Å². The van der Waals surface area contributed by atoms with Gasteiger partial charge in [-0.1, -0.05) is 6.07 Å². The third-order valence-corrected chi connectivity index (χ3v) is 5.46. The summed E-state index contributed by atoms with van der Waals surface area (Å²) in [5.74, 6) is 0.578. The fourth-order valence-electron chi connectivity index (χ4n) is 4.00. The Bertz CT molecular complexity index is 812. The molecule has 0 bridgehead atoms. The molecule has 2 aliphatic rings. The number of fused-ring (bicyclic) bond motifs is 2. The molecule has 2 amide bonds. The first-order valence-electron chi connectivity index (χ1n) is 8.49. The van der Waals surface area contributed by atoms with Crippen LogP contribution in [0.5, 0.6) is 0 Å². The molecular formula is C18H22N4O2. The van der Waals surface area contributed by atoms with Crippen LogP contribution in [0.4, 0.5) is 0 Å². The molecular weight excluding hydrogens is 304 g/mol. The topological polar surface area (TPSA) is 57.9 Å². The number of nitrogens with zero attached hydrogens (tertiary/aromatic N) is 4. The van der Waals surface area contributed by atoms with Gasteiger partial charge in [-0.25, -0.2) is 4.98 Å². The predicted octanol–water partition coefficient (Wildman–Crippen LogP) is 1.12. The van der Waals surface area contributed by atoms with Gasteiger partial charge in [-0.2, -0.15) is 0 Å². The molecule has 4 heterocycles. The average molecular weight is 326 g/mol. The first-order chi connectivity index (χ1) is 11.5. The molecule has 0 aromatic carbocycles. The van der Waals surface area contributed by atoms with Gasteiger partial charge in [0.2, 0.25) is 11.8 Å². The third kappa shape index (κ3) is 2.37. The van der Waals surface area contributed by atoms with Gasteiger partial charge in [-0.15, -0.1) is 0 Å². The van der Waals surface area contributed by atoms with Crippen LogP contribution >= 0.6 is 0 Å². The molecule has 126 valence electrons. The Morgan fingerprint density at radius 2 is 2.21 bits per heavy atom. The highest BCUT2D eigenvalue weighted by Gasteiger charge is 2.43. The number of likely N-dealkylation sites (tertiary alicyclic amines) is 2. The van der Waals surface area contributed by atoms with E-state index >= 15 is 0 Å². The molecule has 2 aliphatic heterocycles. The van der Waals surface area contributed by atoms with Gasteiger partial charge in [0.15, 0.2) is 0 Å². The van der Waals surface area contributed by atoms with Crippen LogP contribution in [0, 0.1) is 18.8 Å². The minimum Gasteiger partial charge on any atom is -0.345 e. The summed E-state index contributed by atoms with van der Waals surface area (Å²) in [7, 11) is 1.85. The van der Waals surface area contributed by atoms with Crippen LogP contribution in [-0.2, 0) is 16.0 Å². The van der Waals surface area contributed by atoms with E-state index in [-0.39, 0.29) is 17.7 Å². The number of piperidine rings is 1. The molecule has 0 N–H and O–H groups in total. The van der Waals surface area contributed by atoms with E-state index < -0.39 is 0 Å². The molecule has 2 fully saturated rings. The van der Waals surface area contributed by atoms with E-state index in [2.05, 4.69) is 4.98 Å². The summed E-state index contributed by atoms with van der Waals surface area (Å²) >= 11 is 0. The monoisotopic (exact) mass is 326 g/mol. The van der Waals surface area contributed by atoms with Crippen LogP contribution in [0.25, 0.3) is 5.65 Å². The van der Waals surface area contributed by atoms with E-state index in [0.29, 0.717) is 25.4 Å². The number of hydrogen-bond donors (Lipinski definition) is 0. The van der Waals surface area contributed by atoms with Gasteiger partial charge < -0.3 is 14.2 Å². The molecule has 24 heavy (non-hydrogen) atoms. The quantitative estimate of drug-likeness (QED) is 0.831. The number of carbonyl (C=O) groups is 2. The van der Waals surface area contributed by atoms with E-state index in [4.69, 9.17) is 0 Å². The Morgan fingerprint density at radius 1 is 1.38 bits per heavy atom. The van der Waals surface area contributed by atoms with Gasteiger partial charge in [0.1, 0.15) is 5.65 Å². The summed E-state index contributed by atoms with van der Waals surface area (Å²) in [6.45, 7) is 4.08. The van der Waals surface area contributed by atoms with E-state index in [9.17, 15) is 9.59 Å².